The van der Waals surface area contributed by atoms with Gasteiger partial charge in [0.1, 0.15) is 17.3 Å². The minimum Gasteiger partial charge on any atom is -0.455 e. The first-order chi connectivity index (χ1) is 14.1. The summed E-state index contributed by atoms with van der Waals surface area (Å²) < 4.78 is 45.2. The molecule has 0 saturated carbocycles. The van der Waals surface area contributed by atoms with E-state index in [0.29, 0.717) is 25.0 Å². The molecule has 0 bridgehead atoms. The standard InChI is InChI=1S/C23H27F2NO4/c1-22(2,3)21(27)26-20-18(25)13-16(24)14-19(20)30-17-7-5-15(6-8-17)23(28-4)9-11-29-12-10-23/h5-8,13-14H,9-12H2,1-4H3,(H,26,27). The van der Waals surface area contributed by atoms with E-state index >= 15 is 0 Å². The minimum absolute atomic E-state index is 0.106. The summed E-state index contributed by atoms with van der Waals surface area (Å²) in [5, 5.41) is 2.50. The van der Waals surface area contributed by atoms with E-state index in [2.05, 4.69) is 5.32 Å². The Kier molecular flexibility index (Phi) is 6.43. The maximum Gasteiger partial charge on any atom is 0.229 e. The minimum atomic E-state index is -0.903. The van der Waals surface area contributed by atoms with Crippen LogP contribution in [0.15, 0.2) is 36.4 Å². The number of rotatable bonds is 5. The zero-order valence-corrected chi connectivity index (χ0v) is 17.7. The largest absolute Gasteiger partial charge is 0.455 e. The average Bonchev–Trinajstić information content (AvgIpc) is 2.70. The number of benzene rings is 2. The molecule has 30 heavy (non-hydrogen) atoms. The predicted molar refractivity (Wildman–Crippen MR) is 110 cm³/mol. The van der Waals surface area contributed by atoms with Crippen LogP contribution in [-0.4, -0.2) is 26.2 Å². The fourth-order valence-electron chi connectivity index (χ4n) is 3.32. The van der Waals surface area contributed by atoms with Crippen molar-refractivity contribution in [1.82, 2.24) is 0 Å². The summed E-state index contributed by atoms with van der Waals surface area (Å²) in [6, 6.07) is 8.92. The highest BCUT2D eigenvalue weighted by Gasteiger charge is 2.34. The number of halogens is 2. The van der Waals surface area contributed by atoms with Crippen LogP contribution in [0.1, 0.15) is 39.2 Å². The van der Waals surface area contributed by atoms with Gasteiger partial charge >= 0.3 is 0 Å². The van der Waals surface area contributed by atoms with Crippen molar-refractivity contribution in [2.24, 2.45) is 5.41 Å². The Morgan fingerprint density at radius 2 is 1.73 bits per heavy atom. The maximum absolute atomic E-state index is 14.4. The number of carbonyl (C=O) groups excluding carboxylic acids is 1. The highest BCUT2D eigenvalue weighted by atomic mass is 19.1. The average molecular weight is 419 g/mol. The van der Waals surface area contributed by atoms with Crippen LogP contribution >= 0.6 is 0 Å². The number of amides is 1. The van der Waals surface area contributed by atoms with E-state index in [4.69, 9.17) is 14.2 Å². The Labute approximate surface area is 175 Å². The smallest absolute Gasteiger partial charge is 0.229 e. The third-order valence-electron chi connectivity index (χ3n) is 5.24. The molecule has 1 N–H and O–H groups in total. The molecule has 0 aliphatic carbocycles. The number of methoxy groups -OCH3 is 1. The second kappa shape index (κ2) is 8.70. The van der Waals surface area contributed by atoms with Crippen molar-refractivity contribution in [2.45, 2.75) is 39.2 Å². The number of carbonyl (C=O) groups is 1. The first kappa shape index (κ1) is 22.2. The van der Waals surface area contributed by atoms with Crippen LogP contribution in [0.5, 0.6) is 11.5 Å². The monoisotopic (exact) mass is 419 g/mol. The fraction of sp³-hybridized carbons (Fsp3) is 0.435. The van der Waals surface area contributed by atoms with Crippen molar-refractivity contribution < 1.29 is 27.8 Å². The first-order valence-corrected chi connectivity index (χ1v) is 9.86. The second-order valence-corrected chi connectivity index (χ2v) is 8.40. The number of ether oxygens (including phenoxy) is 3. The van der Waals surface area contributed by atoms with Gasteiger partial charge in [-0.3, -0.25) is 4.79 Å². The first-order valence-electron chi connectivity index (χ1n) is 9.86. The van der Waals surface area contributed by atoms with Crippen LogP contribution < -0.4 is 10.1 Å². The molecule has 7 heteroatoms. The Morgan fingerprint density at radius 1 is 1.10 bits per heavy atom. The molecule has 1 aliphatic heterocycles. The third kappa shape index (κ3) is 4.79. The van der Waals surface area contributed by atoms with Gasteiger partial charge in [-0.2, -0.15) is 0 Å². The van der Waals surface area contributed by atoms with Crippen LogP contribution in [0.2, 0.25) is 0 Å². The second-order valence-electron chi connectivity index (χ2n) is 8.40. The van der Waals surface area contributed by atoms with Crippen molar-refractivity contribution >= 4 is 11.6 Å². The van der Waals surface area contributed by atoms with Crippen LogP contribution in [0, 0.1) is 17.0 Å². The van der Waals surface area contributed by atoms with E-state index in [1.807, 2.05) is 12.1 Å². The lowest BCUT2D eigenvalue weighted by molar-refractivity contribution is -0.123. The van der Waals surface area contributed by atoms with E-state index < -0.39 is 28.6 Å². The predicted octanol–water partition coefficient (Wildman–Crippen LogP) is 5.39. The number of hydrogen-bond donors (Lipinski definition) is 1. The normalized spacial score (nSPS) is 16.2. The molecule has 2 aromatic rings. The van der Waals surface area contributed by atoms with Gasteiger partial charge in [-0.25, -0.2) is 8.78 Å². The number of anilines is 1. The molecular formula is C23H27F2NO4. The summed E-state index contributed by atoms with van der Waals surface area (Å²) in [6.07, 6.45) is 1.48. The summed E-state index contributed by atoms with van der Waals surface area (Å²) in [5.41, 5.74) is -0.392. The van der Waals surface area contributed by atoms with Crippen molar-refractivity contribution in [2.75, 3.05) is 25.6 Å². The lowest BCUT2D eigenvalue weighted by Gasteiger charge is -2.36. The van der Waals surface area contributed by atoms with E-state index in [1.54, 1.807) is 40.0 Å². The molecule has 1 amide bonds. The van der Waals surface area contributed by atoms with Gasteiger partial charge in [0.15, 0.2) is 11.6 Å². The Hall–Kier alpha value is -2.51. The SMILES string of the molecule is COC1(c2ccc(Oc3cc(F)cc(F)c3NC(=O)C(C)(C)C)cc2)CCOCC1. The molecule has 0 radical (unpaired) electrons. The van der Waals surface area contributed by atoms with Crippen LogP contribution in [0.4, 0.5) is 14.5 Å². The lowest BCUT2D eigenvalue weighted by atomic mass is 9.86. The van der Waals surface area contributed by atoms with Crippen molar-refractivity contribution in [1.29, 1.82) is 0 Å². The molecule has 2 aromatic carbocycles. The molecule has 0 aromatic heterocycles. The van der Waals surface area contributed by atoms with E-state index in [0.717, 1.165) is 24.5 Å². The highest BCUT2D eigenvalue weighted by Crippen LogP contribution is 2.38. The van der Waals surface area contributed by atoms with Crippen LogP contribution in [-0.2, 0) is 19.9 Å². The molecule has 1 fully saturated rings. The Morgan fingerprint density at radius 3 is 2.30 bits per heavy atom. The zero-order chi connectivity index (χ0) is 21.9. The lowest BCUT2D eigenvalue weighted by Crippen LogP contribution is -2.35. The van der Waals surface area contributed by atoms with Crippen molar-refractivity contribution in [3.63, 3.8) is 0 Å². The highest BCUT2D eigenvalue weighted by molar-refractivity contribution is 5.96. The Balaban J connectivity index is 1.86. The summed E-state index contributed by atoms with van der Waals surface area (Å²) in [4.78, 5) is 12.3. The van der Waals surface area contributed by atoms with Gasteiger partial charge in [-0.1, -0.05) is 32.9 Å². The van der Waals surface area contributed by atoms with E-state index in [-0.39, 0.29) is 11.4 Å². The molecule has 0 unspecified atom stereocenters. The van der Waals surface area contributed by atoms with Gasteiger partial charge < -0.3 is 19.5 Å². The topological polar surface area (TPSA) is 56.8 Å². The van der Waals surface area contributed by atoms with Crippen molar-refractivity contribution in [3.8, 4) is 11.5 Å². The molecule has 3 rings (SSSR count). The Bertz CT molecular complexity index is 901. The molecule has 0 spiro atoms. The summed E-state index contributed by atoms with van der Waals surface area (Å²) in [7, 11) is 1.68. The van der Waals surface area contributed by atoms with E-state index in [1.165, 1.54) is 0 Å². The van der Waals surface area contributed by atoms with Crippen LogP contribution in [0.3, 0.4) is 0 Å². The van der Waals surface area contributed by atoms with Gasteiger partial charge in [-0.05, 0) is 17.7 Å². The quantitative estimate of drug-likeness (QED) is 0.706. The maximum atomic E-state index is 14.4. The number of hydrogen-bond acceptors (Lipinski definition) is 4. The van der Waals surface area contributed by atoms with Gasteiger partial charge in [0.25, 0.3) is 0 Å². The fourth-order valence-corrected chi connectivity index (χ4v) is 3.32. The molecule has 162 valence electrons. The summed E-state index contributed by atoms with van der Waals surface area (Å²) >= 11 is 0. The zero-order valence-electron chi connectivity index (χ0n) is 17.7. The van der Waals surface area contributed by atoms with Gasteiger partial charge in [-0.15, -0.1) is 0 Å². The van der Waals surface area contributed by atoms with Gasteiger partial charge in [0.05, 0.1) is 5.60 Å². The van der Waals surface area contributed by atoms with Gasteiger partial charge in [0, 0.05) is 50.7 Å². The molecule has 5 nitrogen and oxygen atoms in total. The van der Waals surface area contributed by atoms with Gasteiger partial charge in [0.2, 0.25) is 5.91 Å². The summed E-state index contributed by atoms with van der Waals surface area (Å²) in [6.45, 7) is 6.33. The molecule has 1 aliphatic rings. The molecular weight excluding hydrogens is 392 g/mol. The molecule has 0 atom stereocenters. The number of nitrogens with one attached hydrogen (secondary N) is 1. The summed E-state index contributed by atoms with van der Waals surface area (Å²) in [5.74, 6) is -1.83. The molecule has 1 heterocycles. The van der Waals surface area contributed by atoms with Crippen LogP contribution in [0.25, 0.3) is 0 Å². The third-order valence-corrected chi connectivity index (χ3v) is 5.24. The van der Waals surface area contributed by atoms with E-state index in [9.17, 15) is 13.6 Å². The molecule has 1 saturated heterocycles. The van der Waals surface area contributed by atoms with Crippen molar-refractivity contribution in [3.05, 3.63) is 53.6 Å².